The lowest BCUT2D eigenvalue weighted by atomic mass is 10.1. The Kier molecular flexibility index (Phi) is 4.86. The van der Waals surface area contributed by atoms with Crippen LogP contribution in [0.4, 0.5) is 0 Å². The van der Waals surface area contributed by atoms with Crippen molar-refractivity contribution in [2.75, 3.05) is 0 Å². The second-order valence-corrected chi connectivity index (χ2v) is 7.62. The molecule has 0 atom stereocenters. The lowest BCUT2D eigenvalue weighted by Crippen LogP contribution is -1.97. The third-order valence-electron chi connectivity index (χ3n) is 3.82. The van der Waals surface area contributed by atoms with Gasteiger partial charge >= 0.3 is 0 Å². The van der Waals surface area contributed by atoms with Gasteiger partial charge in [0, 0.05) is 6.42 Å². The van der Waals surface area contributed by atoms with Gasteiger partial charge < -0.3 is 4.42 Å². The molecule has 0 amide bonds. The predicted octanol–water partition coefficient (Wildman–Crippen LogP) is 4.30. The largest absolute Gasteiger partial charge is 0.460 e. The zero-order valence-corrected chi connectivity index (χ0v) is 15.0. The third-order valence-corrected chi connectivity index (χ3v) is 5.07. The van der Waals surface area contributed by atoms with Crippen molar-refractivity contribution in [1.29, 1.82) is 0 Å². The van der Waals surface area contributed by atoms with Gasteiger partial charge in [0.15, 0.2) is 0 Å². The fraction of sp³-hybridized carbons (Fsp3) is 0.150. The summed E-state index contributed by atoms with van der Waals surface area (Å²) in [5, 5.41) is 0. The van der Waals surface area contributed by atoms with Gasteiger partial charge in [-0.25, -0.2) is 0 Å². The molecule has 2 aromatic carbocycles. The number of hydrogen-bond donors (Lipinski definition) is 0. The molecule has 0 saturated carbocycles. The average Bonchev–Trinajstić information content (AvgIpc) is 3.03. The highest BCUT2D eigenvalue weighted by molar-refractivity contribution is 7.90. The van der Waals surface area contributed by atoms with Crippen molar-refractivity contribution in [2.24, 2.45) is 4.40 Å². The summed E-state index contributed by atoms with van der Waals surface area (Å²) in [4.78, 5) is 0.167. The van der Waals surface area contributed by atoms with E-state index in [9.17, 15) is 8.42 Å². The summed E-state index contributed by atoms with van der Waals surface area (Å²) < 4.78 is 33.8. The maximum Gasteiger partial charge on any atom is 0.282 e. The topological polar surface area (TPSA) is 59.6 Å². The Morgan fingerprint density at radius 2 is 1.48 bits per heavy atom. The SMILES string of the molecule is Cc1ccc(Cc2ccc(C=NS(=O)(=O)c3ccc(C)cc3)o2)cc1. The summed E-state index contributed by atoms with van der Waals surface area (Å²) in [6.45, 7) is 3.94. The van der Waals surface area contributed by atoms with Gasteiger partial charge in [-0.05, 0) is 43.7 Å². The zero-order chi connectivity index (χ0) is 17.9. The summed E-state index contributed by atoms with van der Waals surface area (Å²) in [5.74, 6) is 1.18. The highest BCUT2D eigenvalue weighted by Crippen LogP contribution is 2.15. The first-order valence-corrected chi connectivity index (χ1v) is 9.38. The highest BCUT2D eigenvalue weighted by Gasteiger charge is 2.11. The number of aryl methyl sites for hydroxylation is 2. The van der Waals surface area contributed by atoms with Crippen molar-refractivity contribution in [3.05, 3.63) is 88.9 Å². The minimum Gasteiger partial charge on any atom is -0.460 e. The highest BCUT2D eigenvalue weighted by atomic mass is 32.2. The molecule has 3 rings (SSSR count). The Morgan fingerprint density at radius 3 is 2.12 bits per heavy atom. The first kappa shape index (κ1) is 17.2. The van der Waals surface area contributed by atoms with Crippen LogP contribution in [0, 0.1) is 13.8 Å². The summed E-state index contributed by atoms with van der Waals surface area (Å²) in [5.41, 5.74) is 3.34. The van der Waals surface area contributed by atoms with E-state index in [1.165, 1.54) is 11.8 Å². The predicted molar refractivity (Wildman–Crippen MR) is 98.7 cm³/mol. The van der Waals surface area contributed by atoms with Crippen molar-refractivity contribution in [2.45, 2.75) is 25.2 Å². The van der Waals surface area contributed by atoms with Gasteiger partial charge in [-0.2, -0.15) is 12.8 Å². The van der Waals surface area contributed by atoms with Crippen LogP contribution >= 0.6 is 0 Å². The molecular weight excluding hydrogens is 334 g/mol. The first-order valence-electron chi connectivity index (χ1n) is 7.94. The van der Waals surface area contributed by atoms with Gasteiger partial charge in [-0.1, -0.05) is 47.5 Å². The minimum atomic E-state index is -3.72. The van der Waals surface area contributed by atoms with Crippen LogP contribution in [0.3, 0.4) is 0 Å². The molecule has 0 unspecified atom stereocenters. The molecule has 3 aromatic rings. The molecule has 0 aliphatic carbocycles. The average molecular weight is 353 g/mol. The molecule has 1 heterocycles. The normalized spacial score (nSPS) is 11.9. The van der Waals surface area contributed by atoms with Gasteiger partial charge in [0.05, 0.1) is 11.1 Å². The van der Waals surface area contributed by atoms with E-state index in [0.29, 0.717) is 12.2 Å². The summed E-state index contributed by atoms with van der Waals surface area (Å²) in [7, 11) is -3.72. The molecule has 0 N–H and O–H groups in total. The maximum absolute atomic E-state index is 12.2. The van der Waals surface area contributed by atoms with E-state index in [-0.39, 0.29) is 4.90 Å². The summed E-state index contributed by atoms with van der Waals surface area (Å²) >= 11 is 0. The third kappa shape index (κ3) is 4.45. The lowest BCUT2D eigenvalue weighted by molar-refractivity contribution is 0.515. The molecule has 0 fully saturated rings. The van der Waals surface area contributed by atoms with Crippen molar-refractivity contribution in [3.8, 4) is 0 Å². The van der Waals surface area contributed by atoms with Gasteiger partial charge in [0.1, 0.15) is 11.5 Å². The molecule has 5 heteroatoms. The molecule has 4 nitrogen and oxygen atoms in total. The van der Waals surface area contributed by atoms with E-state index in [1.54, 1.807) is 30.3 Å². The molecule has 0 aliphatic rings. The number of hydrogen-bond acceptors (Lipinski definition) is 3. The van der Waals surface area contributed by atoms with Crippen LogP contribution in [0.1, 0.15) is 28.2 Å². The van der Waals surface area contributed by atoms with Crippen molar-refractivity contribution in [3.63, 3.8) is 0 Å². The lowest BCUT2D eigenvalue weighted by Gasteiger charge is -1.99. The molecular formula is C20H19NO3S. The summed E-state index contributed by atoms with van der Waals surface area (Å²) in [6.07, 6.45) is 1.90. The monoisotopic (exact) mass is 353 g/mol. The number of nitrogens with zero attached hydrogens (tertiary/aromatic N) is 1. The number of furan rings is 1. The van der Waals surface area contributed by atoms with Crippen LogP contribution in [-0.4, -0.2) is 14.6 Å². The molecule has 0 aliphatic heterocycles. The smallest absolute Gasteiger partial charge is 0.282 e. The zero-order valence-electron chi connectivity index (χ0n) is 14.1. The standard InChI is InChI=1S/C20H19NO3S/c1-15-3-7-17(8-4-15)13-18-9-10-19(24-18)14-21-25(22,23)20-11-5-16(2)6-12-20/h3-12,14H,13H2,1-2H3. The molecule has 0 bridgehead atoms. The van der Waals surface area contributed by atoms with E-state index < -0.39 is 10.0 Å². The van der Waals surface area contributed by atoms with E-state index in [4.69, 9.17) is 4.42 Å². The second-order valence-electron chi connectivity index (χ2n) is 5.99. The molecule has 128 valence electrons. The quantitative estimate of drug-likeness (QED) is 0.643. The fourth-order valence-electron chi connectivity index (χ4n) is 2.36. The van der Waals surface area contributed by atoms with Crippen LogP contribution in [0.2, 0.25) is 0 Å². The Bertz CT molecular complexity index is 982. The molecule has 25 heavy (non-hydrogen) atoms. The fourth-order valence-corrected chi connectivity index (χ4v) is 3.20. The number of rotatable bonds is 5. The summed E-state index contributed by atoms with van der Waals surface area (Å²) in [6, 6.07) is 18.3. The molecule has 0 spiro atoms. The van der Waals surface area contributed by atoms with Crippen molar-refractivity contribution in [1.82, 2.24) is 0 Å². The minimum absolute atomic E-state index is 0.167. The van der Waals surface area contributed by atoms with E-state index in [1.807, 2.05) is 32.0 Å². The van der Waals surface area contributed by atoms with E-state index >= 15 is 0 Å². The Hall–Kier alpha value is -2.66. The van der Waals surface area contributed by atoms with Crippen LogP contribution in [0.15, 0.2) is 74.4 Å². The van der Waals surface area contributed by atoms with Crippen molar-refractivity contribution >= 4 is 16.2 Å². The number of benzene rings is 2. The van der Waals surface area contributed by atoms with E-state index in [2.05, 4.69) is 16.5 Å². The molecule has 0 saturated heterocycles. The van der Waals surface area contributed by atoms with Crippen LogP contribution in [0.25, 0.3) is 0 Å². The second kappa shape index (κ2) is 7.07. The molecule has 0 radical (unpaired) electrons. The Balaban J connectivity index is 1.73. The Labute approximate surface area is 147 Å². The van der Waals surface area contributed by atoms with Gasteiger partial charge in [-0.15, -0.1) is 0 Å². The Morgan fingerprint density at radius 1 is 0.880 bits per heavy atom. The van der Waals surface area contributed by atoms with E-state index in [0.717, 1.165) is 16.9 Å². The van der Waals surface area contributed by atoms with Crippen LogP contribution in [0.5, 0.6) is 0 Å². The maximum atomic E-state index is 12.2. The molecule has 1 aromatic heterocycles. The number of sulfonamides is 1. The van der Waals surface area contributed by atoms with Crippen LogP contribution in [-0.2, 0) is 16.4 Å². The van der Waals surface area contributed by atoms with Gasteiger partial charge in [0.2, 0.25) is 0 Å². The van der Waals surface area contributed by atoms with Crippen molar-refractivity contribution < 1.29 is 12.8 Å². The van der Waals surface area contributed by atoms with Crippen LogP contribution < -0.4 is 0 Å². The first-order chi connectivity index (χ1) is 11.9. The van der Waals surface area contributed by atoms with Gasteiger partial charge in [0.25, 0.3) is 10.0 Å². The van der Waals surface area contributed by atoms with Gasteiger partial charge in [-0.3, -0.25) is 0 Å².